The molecule has 0 aromatic carbocycles. The molecule has 6 nitrogen and oxygen atoms in total. The fourth-order valence-electron chi connectivity index (χ4n) is 3.35. The zero-order valence-electron chi connectivity index (χ0n) is 15.7. The van der Waals surface area contributed by atoms with Gasteiger partial charge in [-0.15, -0.1) is 0 Å². The van der Waals surface area contributed by atoms with Crippen LogP contribution in [0.4, 0.5) is 0 Å². The van der Waals surface area contributed by atoms with Crippen molar-refractivity contribution in [3.05, 3.63) is 54.1 Å². The lowest BCUT2D eigenvalue weighted by Gasteiger charge is -2.24. The van der Waals surface area contributed by atoms with Crippen molar-refractivity contribution in [1.82, 2.24) is 19.4 Å². The highest BCUT2D eigenvalue weighted by molar-refractivity contribution is 5.76. The van der Waals surface area contributed by atoms with Crippen LogP contribution in [0, 0.1) is 5.92 Å². The van der Waals surface area contributed by atoms with E-state index in [9.17, 15) is 4.79 Å². The molecule has 1 amide bonds. The molecule has 3 rings (SSSR count). The van der Waals surface area contributed by atoms with E-state index in [2.05, 4.69) is 44.9 Å². The first-order chi connectivity index (χ1) is 12.6. The van der Waals surface area contributed by atoms with Crippen molar-refractivity contribution in [2.24, 2.45) is 5.92 Å². The van der Waals surface area contributed by atoms with E-state index < -0.39 is 0 Å². The molecule has 2 aromatic rings. The summed E-state index contributed by atoms with van der Waals surface area (Å²) in [6.07, 6.45) is 6.81. The van der Waals surface area contributed by atoms with Gasteiger partial charge in [0.25, 0.3) is 0 Å². The van der Waals surface area contributed by atoms with Gasteiger partial charge >= 0.3 is 0 Å². The third-order valence-corrected chi connectivity index (χ3v) is 4.83. The van der Waals surface area contributed by atoms with Crippen LogP contribution in [-0.2, 0) is 29.2 Å². The number of ether oxygens (including phenoxy) is 1. The lowest BCUT2D eigenvalue weighted by molar-refractivity contribution is -0.133. The van der Waals surface area contributed by atoms with E-state index in [-0.39, 0.29) is 12.5 Å². The standard InChI is InChI=1S/C20H28N4O2/c1-22(2)20(25)16-26-11-7-18-13-23(12-17-5-8-21-9-6-17)15-19-4-3-10-24(19)14-18/h3-6,8-10,18H,7,11-16H2,1-2H3/t18-/m1/s1. The Kier molecular flexibility index (Phi) is 6.41. The lowest BCUT2D eigenvalue weighted by Crippen LogP contribution is -2.29. The average molecular weight is 356 g/mol. The van der Waals surface area contributed by atoms with Gasteiger partial charge in [-0.05, 0) is 42.2 Å². The van der Waals surface area contributed by atoms with E-state index in [0.29, 0.717) is 12.5 Å². The van der Waals surface area contributed by atoms with E-state index in [0.717, 1.165) is 32.6 Å². The van der Waals surface area contributed by atoms with Gasteiger partial charge < -0.3 is 14.2 Å². The number of aromatic nitrogens is 2. The normalized spacial score (nSPS) is 17.5. The van der Waals surface area contributed by atoms with Crippen LogP contribution in [-0.4, -0.2) is 59.1 Å². The maximum atomic E-state index is 11.6. The number of hydrogen-bond acceptors (Lipinski definition) is 4. The molecule has 0 saturated carbocycles. The minimum absolute atomic E-state index is 0.0119. The summed E-state index contributed by atoms with van der Waals surface area (Å²) in [5.74, 6) is 0.512. The molecule has 1 atom stereocenters. The molecule has 26 heavy (non-hydrogen) atoms. The van der Waals surface area contributed by atoms with Gasteiger partial charge in [-0.25, -0.2) is 0 Å². The fourth-order valence-corrected chi connectivity index (χ4v) is 3.35. The van der Waals surface area contributed by atoms with E-state index in [1.54, 1.807) is 19.0 Å². The Hall–Kier alpha value is -2.18. The molecule has 0 bridgehead atoms. The van der Waals surface area contributed by atoms with E-state index in [1.165, 1.54) is 11.3 Å². The number of fused-ring (bicyclic) bond motifs is 1. The zero-order valence-corrected chi connectivity index (χ0v) is 15.7. The zero-order chi connectivity index (χ0) is 18.4. The van der Waals surface area contributed by atoms with Crippen molar-refractivity contribution in [3.63, 3.8) is 0 Å². The van der Waals surface area contributed by atoms with Gasteiger partial charge in [-0.2, -0.15) is 0 Å². The molecule has 0 saturated heterocycles. The number of nitrogens with zero attached hydrogens (tertiary/aromatic N) is 4. The second-order valence-corrected chi connectivity index (χ2v) is 7.17. The smallest absolute Gasteiger partial charge is 0.248 e. The first-order valence-electron chi connectivity index (χ1n) is 9.15. The second kappa shape index (κ2) is 8.96. The molecule has 6 heteroatoms. The molecule has 140 valence electrons. The first-order valence-corrected chi connectivity index (χ1v) is 9.15. The van der Waals surface area contributed by atoms with Crippen LogP contribution in [0.2, 0.25) is 0 Å². The number of likely N-dealkylation sites (N-methyl/N-ethyl adjacent to an activating group) is 1. The number of pyridine rings is 1. The maximum absolute atomic E-state index is 11.6. The molecule has 1 aliphatic heterocycles. The summed E-state index contributed by atoms with van der Waals surface area (Å²) in [7, 11) is 3.50. The molecular weight excluding hydrogens is 328 g/mol. The van der Waals surface area contributed by atoms with Crippen molar-refractivity contribution < 1.29 is 9.53 Å². The molecule has 0 spiro atoms. The second-order valence-electron chi connectivity index (χ2n) is 7.17. The number of amides is 1. The van der Waals surface area contributed by atoms with Crippen LogP contribution in [0.15, 0.2) is 42.9 Å². The van der Waals surface area contributed by atoms with Gasteiger partial charge in [0.2, 0.25) is 5.91 Å². The highest BCUT2D eigenvalue weighted by atomic mass is 16.5. The summed E-state index contributed by atoms with van der Waals surface area (Å²) in [6.45, 7) is 4.67. The van der Waals surface area contributed by atoms with Crippen LogP contribution < -0.4 is 0 Å². The fraction of sp³-hybridized carbons (Fsp3) is 0.500. The average Bonchev–Trinajstić information content (AvgIpc) is 2.98. The summed E-state index contributed by atoms with van der Waals surface area (Å²) in [4.78, 5) is 19.8. The predicted molar refractivity (Wildman–Crippen MR) is 100 cm³/mol. The summed E-state index contributed by atoms with van der Waals surface area (Å²) in [5, 5.41) is 0. The van der Waals surface area contributed by atoms with Crippen LogP contribution in [0.25, 0.3) is 0 Å². The third-order valence-electron chi connectivity index (χ3n) is 4.83. The number of hydrogen-bond donors (Lipinski definition) is 0. The highest BCUT2D eigenvalue weighted by Crippen LogP contribution is 2.21. The minimum atomic E-state index is 0.0119. The van der Waals surface area contributed by atoms with Gasteiger partial charge in [-0.1, -0.05) is 0 Å². The van der Waals surface area contributed by atoms with E-state index >= 15 is 0 Å². The van der Waals surface area contributed by atoms with Gasteiger partial charge in [0.15, 0.2) is 0 Å². The van der Waals surface area contributed by atoms with Crippen LogP contribution in [0.3, 0.4) is 0 Å². The Bertz CT molecular complexity index is 699. The summed E-state index contributed by atoms with van der Waals surface area (Å²) in [6, 6.07) is 8.48. The van der Waals surface area contributed by atoms with Crippen LogP contribution in [0.1, 0.15) is 17.7 Å². The van der Waals surface area contributed by atoms with Crippen molar-refractivity contribution in [1.29, 1.82) is 0 Å². The van der Waals surface area contributed by atoms with Gasteiger partial charge in [0.1, 0.15) is 6.61 Å². The molecule has 0 radical (unpaired) electrons. The van der Waals surface area contributed by atoms with Crippen molar-refractivity contribution in [2.45, 2.75) is 26.1 Å². The maximum Gasteiger partial charge on any atom is 0.248 e. The SMILES string of the molecule is CN(C)C(=O)COCC[C@@H]1CN(Cc2ccncc2)Cc2cccn2C1. The molecule has 2 aromatic heterocycles. The Balaban J connectivity index is 1.57. The number of carbonyl (C=O) groups is 1. The third kappa shape index (κ3) is 5.16. The summed E-state index contributed by atoms with van der Waals surface area (Å²) in [5.41, 5.74) is 2.64. The largest absolute Gasteiger partial charge is 0.372 e. The van der Waals surface area contributed by atoms with Crippen molar-refractivity contribution >= 4 is 5.91 Å². The van der Waals surface area contributed by atoms with Crippen molar-refractivity contribution in [2.75, 3.05) is 33.9 Å². The molecule has 0 fully saturated rings. The molecule has 3 heterocycles. The Morgan fingerprint density at radius 3 is 2.85 bits per heavy atom. The summed E-state index contributed by atoms with van der Waals surface area (Å²) < 4.78 is 7.95. The van der Waals surface area contributed by atoms with Crippen LogP contribution in [0.5, 0.6) is 0 Å². The molecule has 1 aliphatic rings. The van der Waals surface area contributed by atoms with Gasteiger partial charge in [0, 0.05) is 71.2 Å². The molecule has 0 N–H and O–H groups in total. The monoisotopic (exact) mass is 356 g/mol. The Morgan fingerprint density at radius 1 is 1.27 bits per heavy atom. The van der Waals surface area contributed by atoms with E-state index in [1.807, 2.05) is 12.4 Å². The van der Waals surface area contributed by atoms with Crippen LogP contribution >= 0.6 is 0 Å². The molecule has 0 aliphatic carbocycles. The Labute approximate surface area is 155 Å². The first kappa shape index (κ1) is 18.6. The number of carbonyl (C=O) groups excluding carboxylic acids is 1. The number of rotatable bonds is 7. The lowest BCUT2D eigenvalue weighted by atomic mass is 10.1. The molecule has 0 unspecified atom stereocenters. The van der Waals surface area contributed by atoms with Gasteiger partial charge in [-0.3, -0.25) is 14.7 Å². The topological polar surface area (TPSA) is 50.6 Å². The van der Waals surface area contributed by atoms with E-state index in [4.69, 9.17) is 4.74 Å². The van der Waals surface area contributed by atoms with Gasteiger partial charge in [0.05, 0.1) is 0 Å². The summed E-state index contributed by atoms with van der Waals surface area (Å²) >= 11 is 0. The predicted octanol–water partition coefficient (Wildman–Crippen LogP) is 2.01. The minimum Gasteiger partial charge on any atom is -0.372 e. The quantitative estimate of drug-likeness (QED) is 0.712. The van der Waals surface area contributed by atoms with Crippen molar-refractivity contribution in [3.8, 4) is 0 Å². The highest BCUT2D eigenvalue weighted by Gasteiger charge is 2.21. The molecular formula is C20H28N4O2. The Morgan fingerprint density at radius 2 is 2.08 bits per heavy atom.